The lowest BCUT2D eigenvalue weighted by molar-refractivity contribution is -0.154. The van der Waals surface area contributed by atoms with Crippen LogP contribution in [0.2, 0.25) is 0 Å². The average molecular weight is 228 g/mol. The van der Waals surface area contributed by atoms with E-state index in [1.165, 1.54) is 6.07 Å². The summed E-state index contributed by atoms with van der Waals surface area (Å²) < 4.78 is 31.4. The maximum absolute atomic E-state index is 13.2. The molecule has 0 spiro atoms. The number of halogens is 2. The Labute approximate surface area is 93.2 Å². The summed E-state index contributed by atoms with van der Waals surface area (Å²) in [5, 5.41) is 0. The third-order valence-electron chi connectivity index (χ3n) is 1.80. The standard InChI is InChI=1S/C12H14F2O2/c1-12(2,3)16-11(15)7-8-9(13)5-4-6-10(8)14/h4-6H,7H2,1-3H3. The van der Waals surface area contributed by atoms with Crippen molar-refractivity contribution in [2.75, 3.05) is 0 Å². The molecule has 16 heavy (non-hydrogen) atoms. The number of hydrogen-bond donors (Lipinski definition) is 0. The Morgan fingerprint density at radius 3 is 2.19 bits per heavy atom. The van der Waals surface area contributed by atoms with Gasteiger partial charge in [0.1, 0.15) is 17.2 Å². The van der Waals surface area contributed by atoms with Crippen molar-refractivity contribution in [3.63, 3.8) is 0 Å². The van der Waals surface area contributed by atoms with E-state index in [0.29, 0.717) is 0 Å². The molecule has 0 aromatic heterocycles. The van der Waals surface area contributed by atoms with Crippen LogP contribution in [0.15, 0.2) is 18.2 Å². The second-order valence-electron chi connectivity index (χ2n) is 4.46. The molecule has 0 aliphatic carbocycles. The van der Waals surface area contributed by atoms with Crippen molar-refractivity contribution in [3.8, 4) is 0 Å². The van der Waals surface area contributed by atoms with E-state index in [2.05, 4.69) is 0 Å². The number of rotatable bonds is 2. The van der Waals surface area contributed by atoms with Gasteiger partial charge in [0.15, 0.2) is 0 Å². The lowest BCUT2D eigenvalue weighted by Gasteiger charge is -2.19. The van der Waals surface area contributed by atoms with Crippen LogP contribution in [0.4, 0.5) is 8.78 Å². The Morgan fingerprint density at radius 2 is 1.75 bits per heavy atom. The van der Waals surface area contributed by atoms with Crippen LogP contribution in [-0.4, -0.2) is 11.6 Å². The van der Waals surface area contributed by atoms with Gasteiger partial charge < -0.3 is 4.74 Å². The highest BCUT2D eigenvalue weighted by molar-refractivity contribution is 5.73. The molecule has 1 rings (SSSR count). The average Bonchev–Trinajstić information content (AvgIpc) is 2.08. The molecular formula is C12H14F2O2. The number of hydrogen-bond acceptors (Lipinski definition) is 2. The van der Waals surface area contributed by atoms with Crippen LogP contribution in [0.25, 0.3) is 0 Å². The van der Waals surface area contributed by atoms with Gasteiger partial charge in [0.2, 0.25) is 0 Å². The van der Waals surface area contributed by atoms with Crippen molar-refractivity contribution < 1.29 is 18.3 Å². The van der Waals surface area contributed by atoms with E-state index in [9.17, 15) is 13.6 Å². The minimum absolute atomic E-state index is 0.253. The Hall–Kier alpha value is -1.45. The second-order valence-corrected chi connectivity index (χ2v) is 4.46. The van der Waals surface area contributed by atoms with Gasteiger partial charge in [-0.05, 0) is 32.9 Å². The quantitative estimate of drug-likeness (QED) is 0.727. The van der Waals surface area contributed by atoms with Gasteiger partial charge in [0, 0.05) is 5.56 Å². The van der Waals surface area contributed by atoms with Crippen LogP contribution in [0.5, 0.6) is 0 Å². The summed E-state index contributed by atoms with van der Waals surface area (Å²) in [6.07, 6.45) is -0.393. The van der Waals surface area contributed by atoms with Crippen molar-refractivity contribution in [1.82, 2.24) is 0 Å². The van der Waals surface area contributed by atoms with Gasteiger partial charge in [-0.15, -0.1) is 0 Å². The van der Waals surface area contributed by atoms with E-state index in [1.54, 1.807) is 20.8 Å². The highest BCUT2D eigenvalue weighted by Gasteiger charge is 2.19. The van der Waals surface area contributed by atoms with Crippen molar-refractivity contribution in [3.05, 3.63) is 35.4 Å². The molecule has 0 saturated carbocycles. The molecule has 0 bridgehead atoms. The number of esters is 1. The minimum atomic E-state index is -0.731. The summed E-state index contributed by atoms with van der Waals surface area (Å²) in [6, 6.07) is 3.48. The predicted octanol–water partition coefficient (Wildman–Crippen LogP) is 2.85. The first-order valence-electron chi connectivity index (χ1n) is 4.94. The first-order valence-corrected chi connectivity index (χ1v) is 4.94. The summed E-state index contributed by atoms with van der Waals surface area (Å²) in [5.74, 6) is -2.10. The third-order valence-corrected chi connectivity index (χ3v) is 1.80. The molecule has 0 saturated heterocycles. The van der Waals surface area contributed by atoms with Crippen LogP contribution in [0.1, 0.15) is 26.3 Å². The van der Waals surface area contributed by atoms with Crippen molar-refractivity contribution in [2.45, 2.75) is 32.8 Å². The molecular weight excluding hydrogens is 214 g/mol. The SMILES string of the molecule is CC(C)(C)OC(=O)Cc1c(F)cccc1F. The fourth-order valence-electron chi connectivity index (χ4n) is 1.22. The zero-order valence-electron chi connectivity index (χ0n) is 9.51. The lowest BCUT2D eigenvalue weighted by atomic mass is 10.1. The summed E-state index contributed by atoms with van der Waals surface area (Å²) in [5.41, 5.74) is -0.907. The van der Waals surface area contributed by atoms with Crippen LogP contribution in [-0.2, 0) is 16.0 Å². The molecule has 0 aliphatic rings. The minimum Gasteiger partial charge on any atom is -0.460 e. The van der Waals surface area contributed by atoms with Gasteiger partial charge in [-0.2, -0.15) is 0 Å². The normalized spacial score (nSPS) is 11.3. The lowest BCUT2D eigenvalue weighted by Crippen LogP contribution is -2.25. The molecule has 0 amide bonds. The molecule has 0 N–H and O–H groups in total. The van der Waals surface area contributed by atoms with Gasteiger partial charge >= 0.3 is 5.97 Å². The van der Waals surface area contributed by atoms with Crippen molar-refractivity contribution in [2.24, 2.45) is 0 Å². The highest BCUT2D eigenvalue weighted by Crippen LogP contribution is 2.15. The Balaban J connectivity index is 2.78. The summed E-state index contributed by atoms with van der Waals surface area (Å²) in [6.45, 7) is 5.09. The Kier molecular flexibility index (Phi) is 3.62. The van der Waals surface area contributed by atoms with Gasteiger partial charge in [0.05, 0.1) is 6.42 Å². The predicted molar refractivity (Wildman–Crippen MR) is 55.9 cm³/mol. The zero-order valence-corrected chi connectivity index (χ0v) is 9.51. The number of carbonyl (C=O) groups is 1. The van der Waals surface area contributed by atoms with Gasteiger partial charge in [-0.25, -0.2) is 8.78 Å². The van der Waals surface area contributed by atoms with Crippen LogP contribution in [0, 0.1) is 11.6 Å². The Morgan fingerprint density at radius 1 is 1.25 bits per heavy atom. The van der Waals surface area contributed by atoms with Gasteiger partial charge in [-0.3, -0.25) is 4.79 Å². The summed E-state index contributed by atoms with van der Waals surface area (Å²) in [4.78, 5) is 11.4. The van der Waals surface area contributed by atoms with Crippen LogP contribution in [0.3, 0.4) is 0 Å². The zero-order chi connectivity index (χ0) is 12.3. The maximum Gasteiger partial charge on any atom is 0.310 e. The van der Waals surface area contributed by atoms with E-state index < -0.39 is 29.6 Å². The molecule has 4 heteroatoms. The molecule has 88 valence electrons. The molecule has 0 aliphatic heterocycles. The number of ether oxygens (including phenoxy) is 1. The first kappa shape index (κ1) is 12.6. The monoisotopic (exact) mass is 228 g/mol. The van der Waals surface area contributed by atoms with E-state index in [4.69, 9.17) is 4.74 Å². The smallest absolute Gasteiger partial charge is 0.310 e. The maximum atomic E-state index is 13.2. The van der Waals surface area contributed by atoms with Crippen molar-refractivity contribution in [1.29, 1.82) is 0 Å². The highest BCUT2D eigenvalue weighted by atomic mass is 19.1. The van der Waals surface area contributed by atoms with Gasteiger partial charge in [-0.1, -0.05) is 6.07 Å². The van der Waals surface area contributed by atoms with Crippen LogP contribution >= 0.6 is 0 Å². The molecule has 1 aromatic rings. The van der Waals surface area contributed by atoms with Gasteiger partial charge in [0.25, 0.3) is 0 Å². The second kappa shape index (κ2) is 4.60. The molecule has 0 fully saturated rings. The fourth-order valence-corrected chi connectivity index (χ4v) is 1.22. The van der Waals surface area contributed by atoms with E-state index in [1.807, 2.05) is 0 Å². The molecule has 0 unspecified atom stereocenters. The van der Waals surface area contributed by atoms with Crippen LogP contribution < -0.4 is 0 Å². The third kappa shape index (κ3) is 3.61. The molecule has 0 atom stereocenters. The molecule has 1 aromatic carbocycles. The van der Waals surface area contributed by atoms with E-state index in [-0.39, 0.29) is 5.56 Å². The van der Waals surface area contributed by atoms with E-state index in [0.717, 1.165) is 12.1 Å². The number of benzene rings is 1. The van der Waals surface area contributed by atoms with E-state index >= 15 is 0 Å². The molecule has 2 nitrogen and oxygen atoms in total. The fraction of sp³-hybridized carbons (Fsp3) is 0.417. The molecule has 0 heterocycles. The Bertz CT molecular complexity index is 374. The topological polar surface area (TPSA) is 26.3 Å². The summed E-state index contributed by atoms with van der Waals surface area (Å²) >= 11 is 0. The van der Waals surface area contributed by atoms with Crippen molar-refractivity contribution >= 4 is 5.97 Å². The summed E-state index contributed by atoms with van der Waals surface area (Å²) in [7, 11) is 0. The molecule has 0 radical (unpaired) electrons. The number of carbonyl (C=O) groups excluding carboxylic acids is 1. The first-order chi connectivity index (χ1) is 7.29. The largest absolute Gasteiger partial charge is 0.460 e.